The van der Waals surface area contributed by atoms with E-state index in [-0.39, 0.29) is 5.97 Å². The second-order valence-corrected chi connectivity index (χ2v) is 5.58. The second-order valence-electron chi connectivity index (χ2n) is 4.48. The zero-order valence-corrected chi connectivity index (χ0v) is 11.0. The highest BCUT2D eigenvalue weighted by molar-refractivity contribution is 7.17. The molecule has 0 radical (unpaired) electrons. The van der Waals surface area contributed by atoms with Gasteiger partial charge in [0.05, 0.1) is 16.3 Å². The van der Waals surface area contributed by atoms with Crippen LogP contribution in [-0.4, -0.2) is 24.8 Å². The Morgan fingerprint density at radius 3 is 2.83 bits per heavy atom. The third-order valence-corrected chi connectivity index (χ3v) is 4.29. The number of nitrogens with zero attached hydrogens (tertiary/aromatic N) is 2. The molecule has 0 aromatic carbocycles. The highest BCUT2D eigenvalue weighted by Gasteiger charge is 2.22. The summed E-state index contributed by atoms with van der Waals surface area (Å²) in [4.78, 5) is 19.5. The van der Waals surface area contributed by atoms with Gasteiger partial charge in [0.1, 0.15) is 0 Å². The molecule has 1 aromatic heterocycles. The van der Waals surface area contributed by atoms with Crippen molar-refractivity contribution in [2.45, 2.75) is 19.8 Å². The SMILES string of the molecule is CC1=NOC(=O)/C1=C\c1ccc(N2CCCC2)s1. The Morgan fingerprint density at radius 1 is 1.39 bits per heavy atom. The van der Waals surface area contributed by atoms with Gasteiger partial charge in [-0.2, -0.15) is 0 Å². The van der Waals surface area contributed by atoms with Crippen LogP contribution in [0.3, 0.4) is 0 Å². The highest BCUT2D eigenvalue weighted by atomic mass is 32.1. The second kappa shape index (κ2) is 4.57. The van der Waals surface area contributed by atoms with Crippen molar-refractivity contribution in [1.82, 2.24) is 0 Å². The van der Waals surface area contributed by atoms with E-state index in [0.717, 1.165) is 18.0 Å². The fourth-order valence-corrected chi connectivity index (χ4v) is 3.19. The average Bonchev–Trinajstić information content (AvgIpc) is 3.06. The molecule has 94 valence electrons. The largest absolute Gasteiger partial charge is 0.367 e. The maximum Gasteiger partial charge on any atom is 0.367 e. The van der Waals surface area contributed by atoms with Crippen LogP contribution in [0.2, 0.25) is 0 Å². The zero-order chi connectivity index (χ0) is 12.5. The standard InChI is InChI=1S/C13H14N2O2S/c1-9-11(13(16)17-14-9)8-10-4-5-12(18-10)15-6-2-3-7-15/h4-5,8H,2-3,6-7H2,1H3/b11-8-. The molecular formula is C13H14N2O2S. The quantitative estimate of drug-likeness (QED) is 0.608. The minimum absolute atomic E-state index is 0.358. The van der Waals surface area contributed by atoms with Crippen molar-refractivity contribution in [3.8, 4) is 0 Å². The molecule has 0 spiro atoms. The van der Waals surface area contributed by atoms with E-state index in [1.807, 2.05) is 12.1 Å². The van der Waals surface area contributed by atoms with Gasteiger partial charge in [0, 0.05) is 18.0 Å². The molecule has 3 heterocycles. The summed E-state index contributed by atoms with van der Waals surface area (Å²) in [7, 11) is 0. The van der Waals surface area contributed by atoms with Crippen LogP contribution in [0.1, 0.15) is 24.6 Å². The molecule has 1 fully saturated rings. The first-order chi connectivity index (χ1) is 8.74. The molecule has 18 heavy (non-hydrogen) atoms. The zero-order valence-electron chi connectivity index (χ0n) is 10.2. The number of oxime groups is 1. The minimum atomic E-state index is -0.358. The maximum atomic E-state index is 11.4. The highest BCUT2D eigenvalue weighted by Crippen LogP contribution is 2.30. The van der Waals surface area contributed by atoms with E-state index in [0.29, 0.717) is 11.3 Å². The molecule has 1 aromatic rings. The van der Waals surface area contributed by atoms with E-state index >= 15 is 0 Å². The smallest absolute Gasteiger partial charge is 0.363 e. The molecule has 0 bridgehead atoms. The summed E-state index contributed by atoms with van der Waals surface area (Å²) >= 11 is 1.71. The van der Waals surface area contributed by atoms with Crippen LogP contribution in [0.5, 0.6) is 0 Å². The van der Waals surface area contributed by atoms with Gasteiger partial charge in [-0.1, -0.05) is 5.16 Å². The Bertz CT molecular complexity index is 539. The van der Waals surface area contributed by atoms with E-state index in [1.54, 1.807) is 18.3 Å². The molecule has 0 N–H and O–H groups in total. The van der Waals surface area contributed by atoms with Crippen LogP contribution in [-0.2, 0) is 9.63 Å². The molecule has 2 aliphatic heterocycles. The van der Waals surface area contributed by atoms with Crippen molar-refractivity contribution in [3.63, 3.8) is 0 Å². The fraction of sp³-hybridized carbons (Fsp3) is 0.385. The van der Waals surface area contributed by atoms with Gasteiger partial charge in [0.2, 0.25) is 0 Å². The van der Waals surface area contributed by atoms with E-state index < -0.39 is 0 Å². The molecule has 0 atom stereocenters. The topological polar surface area (TPSA) is 41.9 Å². The van der Waals surface area contributed by atoms with Crippen molar-refractivity contribution >= 4 is 34.1 Å². The molecular weight excluding hydrogens is 248 g/mol. The van der Waals surface area contributed by atoms with E-state index in [1.165, 1.54) is 17.8 Å². The Labute approximate surface area is 110 Å². The lowest BCUT2D eigenvalue weighted by Gasteiger charge is -2.13. The van der Waals surface area contributed by atoms with Gasteiger partial charge >= 0.3 is 5.97 Å². The van der Waals surface area contributed by atoms with Gasteiger partial charge in [0.25, 0.3) is 0 Å². The summed E-state index contributed by atoms with van der Waals surface area (Å²) in [6, 6.07) is 4.17. The number of carbonyl (C=O) groups excluding carboxylic acids is 1. The monoisotopic (exact) mass is 262 g/mol. The first-order valence-electron chi connectivity index (χ1n) is 6.07. The number of hydrogen-bond donors (Lipinski definition) is 0. The summed E-state index contributed by atoms with van der Waals surface area (Å²) in [6.45, 7) is 4.06. The number of anilines is 1. The third kappa shape index (κ3) is 2.06. The van der Waals surface area contributed by atoms with E-state index in [2.05, 4.69) is 21.0 Å². The van der Waals surface area contributed by atoms with Gasteiger partial charge in [-0.15, -0.1) is 11.3 Å². The van der Waals surface area contributed by atoms with Crippen molar-refractivity contribution in [1.29, 1.82) is 0 Å². The number of hydrogen-bond acceptors (Lipinski definition) is 5. The summed E-state index contributed by atoms with van der Waals surface area (Å²) < 4.78 is 0. The van der Waals surface area contributed by atoms with Crippen LogP contribution in [0.4, 0.5) is 5.00 Å². The lowest BCUT2D eigenvalue weighted by Crippen LogP contribution is -2.15. The molecule has 0 aliphatic carbocycles. The Kier molecular flexibility index (Phi) is 2.91. The van der Waals surface area contributed by atoms with Crippen LogP contribution in [0, 0.1) is 0 Å². The van der Waals surface area contributed by atoms with Crippen molar-refractivity contribution in [2.75, 3.05) is 18.0 Å². The molecule has 0 saturated carbocycles. The van der Waals surface area contributed by atoms with Gasteiger partial charge in [-0.3, -0.25) is 0 Å². The van der Waals surface area contributed by atoms with E-state index in [9.17, 15) is 4.79 Å². The predicted molar refractivity (Wildman–Crippen MR) is 72.9 cm³/mol. The first-order valence-corrected chi connectivity index (χ1v) is 6.88. The van der Waals surface area contributed by atoms with E-state index in [4.69, 9.17) is 0 Å². The Hall–Kier alpha value is -1.62. The summed E-state index contributed by atoms with van der Waals surface area (Å²) in [6.07, 6.45) is 4.40. The van der Waals surface area contributed by atoms with Gasteiger partial charge in [0.15, 0.2) is 0 Å². The number of thiophene rings is 1. The molecule has 4 nitrogen and oxygen atoms in total. The van der Waals surface area contributed by atoms with Gasteiger partial charge < -0.3 is 9.74 Å². The van der Waals surface area contributed by atoms with Crippen molar-refractivity contribution < 1.29 is 9.63 Å². The maximum absolute atomic E-state index is 11.4. The summed E-state index contributed by atoms with van der Waals surface area (Å²) in [5.41, 5.74) is 1.21. The summed E-state index contributed by atoms with van der Waals surface area (Å²) in [5.74, 6) is -0.358. The van der Waals surface area contributed by atoms with Crippen LogP contribution >= 0.6 is 11.3 Å². The molecule has 2 aliphatic rings. The Morgan fingerprint density at radius 2 is 2.17 bits per heavy atom. The third-order valence-electron chi connectivity index (χ3n) is 3.19. The molecule has 1 saturated heterocycles. The van der Waals surface area contributed by atoms with Gasteiger partial charge in [-0.05, 0) is 38.0 Å². The normalized spacial score (nSPS) is 21.6. The Balaban J connectivity index is 1.83. The first kappa shape index (κ1) is 11.5. The number of rotatable bonds is 2. The molecule has 3 rings (SSSR count). The average molecular weight is 262 g/mol. The van der Waals surface area contributed by atoms with Gasteiger partial charge in [-0.25, -0.2) is 4.79 Å². The molecule has 0 amide bonds. The van der Waals surface area contributed by atoms with Crippen molar-refractivity contribution in [2.24, 2.45) is 5.16 Å². The summed E-state index contributed by atoms with van der Waals surface area (Å²) in [5, 5.41) is 4.95. The lowest BCUT2D eigenvalue weighted by molar-refractivity contribution is -0.136. The number of carbonyl (C=O) groups is 1. The van der Waals surface area contributed by atoms with Crippen LogP contribution in [0.15, 0.2) is 22.9 Å². The molecule has 5 heteroatoms. The minimum Gasteiger partial charge on any atom is -0.363 e. The molecule has 0 unspecified atom stereocenters. The van der Waals surface area contributed by atoms with Crippen LogP contribution in [0.25, 0.3) is 6.08 Å². The fourth-order valence-electron chi connectivity index (χ4n) is 2.19. The van der Waals surface area contributed by atoms with Crippen LogP contribution < -0.4 is 4.90 Å². The van der Waals surface area contributed by atoms with Crippen molar-refractivity contribution in [3.05, 3.63) is 22.6 Å². The predicted octanol–water partition coefficient (Wildman–Crippen LogP) is 2.66. The lowest BCUT2D eigenvalue weighted by atomic mass is 10.1.